The second kappa shape index (κ2) is 8.11. The van der Waals surface area contributed by atoms with Crippen LogP contribution in [0.1, 0.15) is 5.82 Å². The van der Waals surface area contributed by atoms with Crippen LogP contribution in [0.15, 0.2) is 72.1 Å². The van der Waals surface area contributed by atoms with E-state index in [9.17, 15) is 8.42 Å². The van der Waals surface area contributed by atoms with Crippen LogP contribution in [0, 0.1) is 0 Å². The fraction of sp³-hybridized carbons (Fsp3) is 0.167. The summed E-state index contributed by atoms with van der Waals surface area (Å²) >= 11 is 0. The fourth-order valence-corrected chi connectivity index (χ4v) is 3.61. The third-order valence-corrected chi connectivity index (χ3v) is 5.77. The Labute approximate surface area is 158 Å². The monoisotopic (exact) mass is 384 g/mol. The maximum Gasteiger partial charge on any atom is 0.243 e. The van der Waals surface area contributed by atoms with Gasteiger partial charge in [0.25, 0.3) is 0 Å². The molecule has 0 saturated carbocycles. The smallest absolute Gasteiger partial charge is 0.243 e. The van der Waals surface area contributed by atoms with Gasteiger partial charge in [0.15, 0.2) is 5.82 Å². The van der Waals surface area contributed by atoms with Crippen molar-refractivity contribution in [2.75, 3.05) is 18.9 Å². The van der Waals surface area contributed by atoms with Crippen LogP contribution in [0.4, 0.5) is 5.69 Å². The molecule has 0 aliphatic carbocycles. The van der Waals surface area contributed by atoms with E-state index in [4.69, 9.17) is 0 Å². The summed E-state index contributed by atoms with van der Waals surface area (Å²) in [4.78, 5) is 0.228. The second-order valence-corrected chi connectivity index (χ2v) is 7.84. The number of hydrogen-bond acceptors (Lipinski definition) is 6. The number of tetrazole rings is 1. The molecule has 3 aromatic rings. The Bertz CT molecular complexity index is 1000. The van der Waals surface area contributed by atoms with Crippen molar-refractivity contribution in [2.24, 2.45) is 0 Å². The van der Waals surface area contributed by atoms with Gasteiger partial charge in [0, 0.05) is 19.3 Å². The van der Waals surface area contributed by atoms with Gasteiger partial charge in [-0.3, -0.25) is 0 Å². The summed E-state index contributed by atoms with van der Waals surface area (Å²) < 4.78 is 27.7. The molecule has 0 unspecified atom stereocenters. The van der Waals surface area contributed by atoms with Crippen LogP contribution < -0.4 is 5.32 Å². The van der Waals surface area contributed by atoms with Gasteiger partial charge >= 0.3 is 0 Å². The molecule has 0 saturated heterocycles. The van der Waals surface area contributed by atoms with E-state index in [1.165, 1.54) is 11.4 Å². The highest BCUT2D eigenvalue weighted by atomic mass is 32.2. The predicted molar refractivity (Wildman–Crippen MR) is 103 cm³/mol. The standard InChI is InChI=1S/C18H20N6O2S/c1-3-13-23(2)27(25,26)17-11-9-15(10-12-17)19-14-18-20-21-22-24(18)16-7-5-4-6-8-16/h3-12,19H,1,13-14H2,2H3. The van der Waals surface area contributed by atoms with Crippen molar-refractivity contribution in [3.63, 3.8) is 0 Å². The summed E-state index contributed by atoms with van der Waals surface area (Å²) in [6, 6.07) is 16.1. The van der Waals surface area contributed by atoms with Crippen molar-refractivity contribution in [1.29, 1.82) is 0 Å². The van der Waals surface area contributed by atoms with E-state index < -0.39 is 10.0 Å². The highest BCUT2D eigenvalue weighted by Crippen LogP contribution is 2.18. The predicted octanol–water partition coefficient (Wildman–Crippen LogP) is 2.08. The topological polar surface area (TPSA) is 93.0 Å². The Hall–Kier alpha value is -3.04. The fourth-order valence-electron chi connectivity index (χ4n) is 2.47. The number of para-hydroxylation sites is 1. The molecule has 0 bridgehead atoms. The molecule has 140 valence electrons. The van der Waals surface area contributed by atoms with Gasteiger partial charge in [-0.25, -0.2) is 8.42 Å². The van der Waals surface area contributed by atoms with Gasteiger partial charge in [-0.2, -0.15) is 8.99 Å². The molecule has 2 aromatic carbocycles. The third kappa shape index (κ3) is 4.21. The minimum atomic E-state index is -3.52. The molecule has 8 nitrogen and oxygen atoms in total. The number of rotatable bonds is 8. The van der Waals surface area contributed by atoms with E-state index in [2.05, 4.69) is 27.4 Å². The molecule has 1 heterocycles. The SMILES string of the molecule is C=CCN(C)S(=O)(=O)c1ccc(NCc2nnnn2-c2ccccc2)cc1. The number of nitrogens with zero attached hydrogens (tertiary/aromatic N) is 5. The van der Waals surface area contributed by atoms with E-state index >= 15 is 0 Å². The average molecular weight is 384 g/mol. The molecular formula is C18H20N6O2S. The molecule has 0 fully saturated rings. The zero-order valence-corrected chi connectivity index (χ0v) is 15.7. The molecule has 0 amide bonds. The highest BCUT2D eigenvalue weighted by Gasteiger charge is 2.19. The lowest BCUT2D eigenvalue weighted by Gasteiger charge is -2.15. The van der Waals surface area contributed by atoms with Crippen molar-refractivity contribution in [3.05, 3.63) is 73.1 Å². The van der Waals surface area contributed by atoms with Crippen LogP contribution in [0.2, 0.25) is 0 Å². The minimum Gasteiger partial charge on any atom is -0.378 e. The van der Waals surface area contributed by atoms with E-state index in [0.29, 0.717) is 12.4 Å². The molecule has 27 heavy (non-hydrogen) atoms. The quantitative estimate of drug-likeness (QED) is 0.598. The average Bonchev–Trinajstić information content (AvgIpc) is 3.16. The molecule has 0 aliphatic heterocycles. The largest absolute Gasteiger partial charge is 0.378 e. The van der Waals surface area contributed by atoms with Crippen molar-refractivity contribution in [2.45, 2.75) is 11.4 Å². The maximum absolute atomic E-state index is 12.4. The van der Waals surface area contributed by atoms with Crippen LogP contribution in [-0.2, 0) is 16.6 Å². The Kier molecular flexibility index (Phi) is 5.63. The molecule has 0 spiro atoms. The van der Waals surface area contributed by atoms with Crippen LogP contribution in [0.25, 0.3) is 5.69 Å². The number of sulfonamides is 1. The Morgan fingerprint density at radius 1 is 1.15 bits per heavy atom. The summed E-state index contributed by atoms with van der Waals surface area (Å²) in [6.45, 7) is 4.21. The number of anilines is 1. The number of nitrogens with one attached hydrogen (secondary N) is 1. The van der Waals surface area contributed by atoms with Crippen molar-refractivity contribution in [3.8, 4) is 5.69 Å². The van der Waals surface area contributed by atoms with Gasteiger partial charge < -0.3 is 5.32 Å². The Morgan fingerprint density at radius 2 is 1.85 bits per heavy atom. The zero-order valence-electron chi connectivity index (χ0n) is 14.9. The van der Waals surface area contributed by atoms with Crippen molar-refractivity contribution >= 4 is 15.7 Å². The summed E-state index contributed by atoms with van der Waals surface area (Å²) in [7, 11) is -2.00. The lowest BCUT2D eigenvalue weighted by Crippen LogP contribution is -2.26. The normalized spacial score (nSPS) is 11.5. The van der Waals surface area contributed by atoms with Gasteiger partial charge in [-0.1, -0.05) is 24.3 Å². The highest BCUT2D eigenvalue weighted by molar-refractivity contribution is 7.89. The van der Waals surface area contributed by atoms with E-state index in [1.54, 1.807) is 35.0 Å². The lowest BCUT2D eigenvalue weighted by molar-refractivity contribution is 0.499. The molecule has 0 aliphatic rings. The summed E-state index contributed by atoms with van der Waals surface area (Å²) in [5.41, 5.74) is 1.63. The van der Waals surface area contributed by atoms with Gasteiger partial charge in [-0.15, -0.1) is 11.7 Å². The van der Waals surface area contributed by atoms with Gasteiger partial charge in [0.1, 0.15) is 0 Å². The molecular weight excluding hydrogens is 364 g/mol. The van der Waals surface area contributed by atoms with Crippen molar-refractivity contribution in [1.82, 2.24) is 24.5 Å². The first-order valence-electron chi connectivity index (χ1n) is 8.26. The first kappa shape index (κ1) is 18.7. The summed E-state index contributed by atoms with van der Waals surface area (Å²) in [5.74, 6) is 0.642. The van der Waals surface area contributed by atoms with Gasteiger partial charge in [-0.05, 0) is 46.8 Å². The number of hydrogen-bond donors (Lipinski definition) is 1. The Morgan fingerprint density at radius 3 is 2.52 bits per heavy atom. The van der Waals surface area contributed by atoms with Gasteiger partial charge in [0.2, 0.25) is 10.0 Å². The molecule has 1 aromatic heterocycles. The molecule has 0 atom stereocenters. The summed E-state index contributed by atoms with van der Waals surface area (Å²) in [5, 5.41) is 15.0. The molecule has 1 N–H and O–H groups in total. The second-order valence-electron chi connectivity index (χ2n) is 5.79. The number of likely N-dealkylation sites (N-methyl/N-ethyl adjacent to an activating group) is 1. The van der Waals surface area contributed by atoms with Crippen LogP contribution in [0.3, 0.4) is 0 Å². The lowest BCUT2D eigenvalue weighted by atomic mass is 10.3. The van der Waals surface area contributed by atoms with E-state index in [-0.39, 0.29) is 11.4 Å². The zero-order chi connectivity index (χ0) is 19.3. The van der Waals surface area contributed by atoms with Crippen LogP contribution in [-0.4, -0.2) is 46.5 Å². The molecule has 9 heteroatoms. The number of aromatic nitrogens is 4. The maximum atomic E-state index is 12.4. The Balaban J connectivity index is 1.70. The van der Waals surface area contributed by atoms with Crippen LogP contribution in [0.5, 0.6) is 0 Å². The first-order valence-corrected chi connectivity index (χ1v) is 9.70. The molecule has 3 rings (SSSR count). The van der Waals surface area contributed by atoms with E-state index in [1.807, 2.05) is 30.3 Å². The van der Waals surface area contributed by atoms with Gasteiger partial charge in [0.05, 0.1) is 17.1 Å². The molecule has 0 radical (unpaired) electrons. The van der Waals surface area contributed by atoms with Crippen LogP contribution >= 0.6 is 0 Å². The van der Waals surface area contributed by atoms with Crippen molar-refractivity contribution < 1.29 is 8.42 Å². The number of benzene rings is 2. The summed E-state index contributed by atoms with van der Waals surface area (Å²) in [6.07, 6.45) is 1.55. The minimum absolute atomic E-state index is 0.228. The van der Waals surface area contributed by atoms with E-state index in [0.717, 1.165) is 11.4 Å². The first-order chi connectivity index (χ1) is 13.0. The third-order valence-electron chi connectivity index (χ3n) is 3.93.